The molecule has 4 rings (SSSR count). The van der Waals surface area contributed by atoms with Crippen LogP contribution in [0.25, 0.3) is 0 Å². The number of unbranched alkanes of at least 4 members (excludes halogenated alkanes) is 2. The normalized spacial score (nSPS) is 24.0. The lowest BCUT2D eigenvalue weighted by atomic mass is 9.87. The van der Waals surface area contributed by atoms with E-state index in [0.29, 0.717) is 5.92 Å². The number of nitrogens with zero attached hydrogens (tertiary/aromatic N) is 3. The van der Waals surface area contributed by atoms with Crippen molar-refractivity contribution in [2.75, 3.05) is 6.61 Å². The molecule has 0 saturated heterocycles. The van der Waals surface area contributed by atoms with Gasteiger partial charge < -0.3 is 4.74 Å². The minimum atomic E-state index is 0.240. The molecule has 1 aromatic rings. The molecular weight excluding hydrogens is 330 g/mol. The number of allylic oxidation sites excluding steroid dienone is 1. The number of hydrogen-bond donors (Lipinski definition) is 0. The second-order valence-corrected chi connectivity index (χ2v) is 8.24. The van der Waals surface area contributed by atoms with Gasteiger partial charge in [0.2, 0.25) is 5.88 Å². The molecule has 1 aromatic heterocycles. The van der Waals surface area contributed by atoms with Crippen LogP contribution >= 0.6 is 11.8 Å². The van der Waals surface area contributed by atoms with Crippen molar-refractivity contribution in [3.8, 4) is 5.88 Å². The molecule has 4 nitrogen and oxygen atoms in total. The van der Waals surface area contributed by atoms with Crippen molar-refractivity contribution in [2.45, 2.75) is 81.4 Å². The van der Waals surface area contributed by atoms with Crippen molar-refractivity contribution in [3.05, 3.63) is 23.2 Å². The molecule has 134 valence electrons. The summed E-state index contributed by atoms with van der Waals surface area (Å²) in [7, 11) is 0. The number of rotatable bonds is 7. The van der Waals surface area contributed by atoms with Gasteiger partial charge >= 0.3 is 0 Å². The van der Waals surface area contributed by atoms with Crippen molar-refractivity contribution in [1.82, 2.24) is 9.97 Å². The van der Waals surface area contributed by atoms with E-state index in [1.165, 1.54) is 37.8 Å². The van der Waals surface area contributed by atoms with Crippen LogP contribution in [-0.2, 0) is 0 Å². The molecule has 0 radical (unpaired) electrons. The van der Waals surface area contributed by atoms with Crippen LogP contribution in [0.3, 0.4) is 0 Å². The predicted octanol–water partition coefficient (Wildman–Crippen LogP) is 5.30. The van der Waals surface area contributed by atoms with E-state index in [1.54, 1.807) is 17.5 Å². The molecule has 0 spiro atoms. The average Bonchev–Trinajstić information content (AvgIpc) is 3.24. The molecule has 2 aliphatic heterocycles. The minimum Gasteiger partial charge on any atom is -0.477 e. The maximum Gasteiger partial charge on any atom is 0.230 e. The number of aliphatic imine (C=N–C) groups is 1. The lowest BCUT2D eigenvalue weighted by Gasteiger charge is -2.26. The van der Waals surface area contributed by atoms with E-state index in [0.717, 1.165) is 42.3 Å². The number of ether oxygens (including phenoxy) is 1. The van der Waals surface area contributed by atoms with Crippen molar-refractivity contribution in [3.63, 3.8) is 0 Å². The highest BCUT2D eigenvalue weighted by Crippen LogP contribution is 2.56. The Morgan fingerprint density at radius 2 is 2.04 bits per heavy atom. The smallest absolute Gasteiger partial charge is 0.230 e. The van der Waals surface area contributed by atoms with Crippen LogP contribution in [0.5, 0.6) is 5.88 Å². The Kier molecular flexibility index (Phi) is 5.11. The van der Waals surface area contributed by atoms with Gasteiger partial charge in [0.05, 0.1) is 23.1 Å². The van der Waals surface area contributed by atoms with E-state index >= 15 is 0 Å². The monoisotopic (exact) mass is 357 g/mol. The van der Waals surface area contributed by atoms with Crippen LogP contribution in [0.2, 0.25) is 0 Å². The van der Waals surface area contributed by atoms with Crippen molar-refractivity contribution >= 4 is 17.5 Å². The molecular formula is C20H27N3OS. The summed E-state index contributed by atoms with van der Waals surface area (Å²) in [6, 6.07) is 0. The Balaban J connectivity index is 1.65. The standard InChI is InChI=1S/C20H27N3OS/c1-3-5-10-15-13-8-7-9-14(13)16-17-18(25-20(16)23-15)19(22-12-21-17)24-11-6-4-2/h12,16,20H,3-11H2,1-2H3/t16-,20+/m1/s1. The first-order valence-corrected chi connectivity index (χ1v) is 10.6. The highest BCUT2D eigenvalue weighted by atomic mass is 32.2. The zero-order chi connectivity index (χ0) is 17.2. The topological polar surface area (TPSA) is 47.4 Å². The summed E-state index contributed by atoms with van der Waals surface area (Å²) < 4.78 is 5.96. The fourth-order valence-corrected chi connectivity index (χ4v) is 5.48. The molecule has 1 aliphatic carbocycles. The third kappa shape index (κ3) is 3.12. The van der Waals surface area contributed by atoms with Crippen LogP contribution in [0.15, 0.2) is 27.4 Å². The van der Waals surface area contributed by atoms with E-state index < -0.39 is 0 Å². The summed E-state index contributed by atoms with van der Waals surface area (Å²) in [5.41, 5.74) is 5.69. The third-order valence-electron chi connectivity index (χ3n) is 5.39. The molecule has 5 heteroatoms. The Bertz CT molecular complexity index is 713. The molecule has 3 aliphatic rings. The summed E-state index contributed by atoms with van der Waals surface area (Å²) in [5.74, 6) is 1.11. The number of aromatic nitrogens is 2. The summed E-state index contributed by atoms with van der Waals surface area (Å²) in [4.78, 5) is 15.4. The Morgan fingerprint density at radius 3 is 2.88 bits per heavy atom. The Labute approximate surface area is 154 Å². The van der Waals surface area contributed by atoms with Gasteiger partial charge in [-0.1, -0.05) is 44.0 Å². The predicted molar refractivity (Wildman–Crippen MR) is 103 cm³/mol. The number of fused-ring (bicyclic) bond motifs is 4. The first-order valence-electron chi connectivity index (χ1n) is 9.76. The summed E-state index contributed by atoms with van der Waals surface area (Å²) >= 11 is 1.82. The highest BCUT2D eigenvalue weighted by molar-refractivity contribution is 8.00. The fourth-order valence-electron chi connectivity index (χ4n) is 4.11. The lowest BCUT2D eigenvalue weighted by molar-refractivity contribution is 0.289. The van der Waals surface area contributed by atoms with E-state index in [2.05, 4.69) is 23.8 Å². The zero-order valence-corrected chi connectivity index (χ0v) is 16.1. The van der Waals surface area contributed by atoms with Crippen LogP contribution in [0, 0.1) is 0 Å². The Morgan fingerprint density at radius 1 is 1.16 bits per heavy atom. The molecule has 0 fully saturated rings. The second kappa shape index (κ2) is 7.48. The molecule has 25 heavy (non-hydrogen) atoms. The highest BCUT2D eigenvalue weighted by Gasteiger charge is 2.44. The van der Waals surface area contributed by atoms with Gasteiger partial charge in [-0.3, -0.25) is 4.99 Å². The van der Waals surface area contributed by atoms with E-state index in [-0.39, 0.29) is 5.37 Å². The fraction of sp³-hybridized carbons (Fsp3) is 0.650. The number of hydrogen-bond acceptors (Lipinski definition) is 5. The molecule has 0 amide bonds. The average molecular weight is 358 g/mol. The SMILES string of the molecule is CCCCOc1ncnc2c1S[C@@H]1N=C(CCCC)C3=C(CCC3)[C@H]21. The first kappa shape index (κ1) is 17.1. The van der Waals surface area contributed by atoms with Crippen LogP contribution in [0.1, 0.15) is 76.8 Å². The Hall–Kier alpha value is -1.36. The van der Waals surface area contributed by atoms with Crippen molar-refractivity contribution < 1.29 is 4.74 Å². The maximum atomic E-state index is 5.96. The molecule has 2 atom stereocenters. The zero-order valence-electron chi connectivity index (χ0n) is 15.3. The molecule has 0 aromatic carbocycles. The molecule has 0 bridgehead atoms. The molecule has 0 N–H and O–H groups in total. The van der Waals surface area contributed by atoms with E-state index in [1.807, 2.05) is 11.8 Å². The van der Waals surface area contributed by atoms with Crippen molar-refractivity contribution in [2.24, 2.45) is 4.99 Å². The molecule has 3 heterocycles. The molecule has 0 unspecified atom stereocenters. The van der Waals surface area contributed by atoms with Gasteiger partial charge in [-0.15, -0.1) is 0 Å². The van der Waals surface area contributed by atoms with Gasteiger partial charge in [-0.25, -0.2) is 9.97 Å². The second-order valence-electron chi connectivity index (χ2n) is 7.12. The number of dihydropyridines is 1. The van der Waals surface area contributed by atoms with Gasteiger partial charge in [-0.05, 0) is 44.1 Å². The lowest BCUT2D eigenvalue weighted by Crippen LogP contribution is -2.21. The van der Waals surface area contributed by atoms with Crippen LogP contribution in [-0.4, -0.2) is 27.7 Å². The van der Waals surface area contributed by atoms with Crippen LogP contribution < -0.4 is 4.74 Å². The van der Waals surface area contributed by atoms with Gasteiger partial charge in [0.25, 0.3) is 0 Å². The number of thioether (sulfide) groups is 1. The van der Waals surface area contributed by atoms with E-state index in [9.17, 15) is 0 Å². The van der Waals surface area contributed by atoms with Crippen molar-refractivity contribution in [1.29, 1.82) is 0 Å². The van der Waals surface area contributed by atoms with Crippen LogP contribution in [0.4, 0.5) is 0 Å². The van der Waals surface area contributed by atoms with Gasteiger partial charge in [-0.2, -0.15) is 0 Å². The summed E-state index contributed by atoms with van der Waals surface area (Å²) in [6.45, 7) is 5.17. The first-order chi connectivity index (χ1) is 12.3. The van der Waals surface area contributed by atoms with Gasteiger partial charge in [0, 0.05) is 5.71 Å². The van der Waals surface area contributed by atoms with Gasteiger partial charge in [0.1, 0.15) is 11.7 Å². The largest absolute Gasteiger partial charge is 0.477 e. The third-order valence-corrected chi connectivity index (χ3v) is 6.63. The summed E-state index contributed by atoms with van der Waals surface area (Å²) in [5, 5.41) is 0.240. The summed E-state index contributed by atoms with van der Waals surface area (Å²) in [6.07, 6.45) is 11.1. The minimum absolute atomic E-state index is 0.240. The molecule has 0 saturated carbocycles. The van der Waals surface area contributed by atoms with Gasteiger partial charge in [0.15, 0.2) is 0 Å². The maximum absolute atomic E-state index is 5.96. The van der Waals surface area contributed by atoms with E-state index in [4.69, 9.17) is 9.73 Å². The quantitative estimate of drug-likeness (QED) is 0.622.